The van der Waals surface area contributed by atoms with Gasteiger partial charge in [-0.05, 0) is 17.7 Å². The maximum absolute atomic E-state index is 12.9. The van der Waals surface area contributed by atoms with Gasteiger partial charge < -0.3 is 10.4 Å². The Kier molecular flexibility index (Phi) is 2.33. The molecule has 1 saturated heterocycles. The molecule has 14 heavy (non-hydrogen) atoms. The summed E-state index contributed by atoms with van der Waals surface area (Å²) in [7, 11) is 0. The molecule has 0 aliphatic carbocycles. The van der Waals surface area contributed by atoms with Crippen molar-refractivity contribution in [3.05, 3.63) is 29.6 Å². The van der Waals surface area contributed by atoms with Crippen molar-refractivity contribution in [2.45, 2.75) is 5.37 Å². The van der Waals surface area contributed by atoms with Gasteiger partial charge in [-0.2, -0.15) is 0 Å². The predicted molar refractivity (Wildman–Crippen MR) is 51.4 cm³/mol. The molecule has 0 bridgehead atoms. The Morgan fingerprint density at radius 1 is 1.50 bits per heavy atom. The fourth-order valence-corrected chi connectivity index (χ4v) is 2.26. The van der Waals surface area contributed by atoms with Gasteiger partial charge in [0.2, 0.25) is 5.91 Å². The van der Waals surface area contributed by atoms with Crippen molar-refractivity contribution in [1.29, 1.82) is 0 Å². The smallest absolute Gasteiger partial charge is 0.231 e. The summed E-state index contributed by atoms with van der Waals surface area (Å²) in [6.07, 6.45) is 0. The van der Waals surface area contributed by atoms with Crippen LogP contribution in [0.5, 0.6) is 5.75 Å². The number of benzene rings is 1. The van der Waals surface area contributed by atoms with E-state index >= 15 is 0 Å². The number of phenols is 1. The number of aromatic hydroxyl groups is 1. The lowest BCUT2D eigenvalue weighted by atomic mass is 10.2. The minimum Gasteiger partial charge on any atom is -0.508 e. The second-order valence-corrected chi connectivity index (χ2v) is 4.09. The van der Waals surface area contributed by atoms with Crippen molar-refractivity contribution < 1.29 is 14.3 Å². The summed E-state index contributed by atoms with van der Waals surface area (Å²) in [6, 6.07) is 3.79. The molecule has 2 rings (SSSR count). The van der Waals surface area contributed by atoms with Crippen LogP contribution >= 0.6 is 11.8 Å². The summed E-state index contributed by atoms with van der Waals surface area (Å²) in [4.78, 5) is 10.9. The van der Waals surface area contributed by atoms with Crippen LogP contribution < -0.4 is 5.32 Å². The molecule has 0 radical (unpaired) electrons. The molecular formula is C9H8FNO2S. The largest absolute Gasteiger partial charge is 0.508 e. The van der Waals surface area contributed by atoms with Gasteiger partial charge >= 0.3 is 0 Å². The average molecular weight is 213 g/mol. The van der Waals surface area contributed by atoms with E-state index in [-0.39, 0.29) is 17.0 Å². The molecule has 1 aliphatic heterocycles. The van der Waals surface area contributed by atoms with Gasteiger partial charge in [-0.15, -0.1) is 11.8 Å². The van der Waals surface area contributed by atoms with E-state index in [1.165, 1.54) is 23.9 Å². The Morgan fingerprint density at radius 3 is 2.86 bits per heavy atom. The van der Waals surface area contributed by atoms with E-state index in [4.69, 9.17) is 5.11 Å². The van der Waals surface area contributed by atoms with E-state index in [1.807, 2.05) is 0 Å². The number of thioether (sulfide) groups is 1. The molecular weight excluding hydrogens is 205 g/mol. The maximum atomic E-state index is 12.9. The SMILES string of the molecule is O=C1CSC(c2cc(O)cc(F)c2)N1. The summed E-state index contributed by atoms with van der Waals surface area (Å²) in [6.45, 7) is 0. The fraction of sp³-hybridized carbons (Fsp3) is 0.222. The van der Waals surface area contributed by atoms with Gasteiger partial charge in [0.05, 0.1) is 5.75 Å². The number of carbonyl (C=O) groups excluding carboxylic acids is 1. The zero-order valence-electron chi connectivity index (χ0n) is 7.16. The Labute approximate surface area is 84.3 Å². The van der Waals surface area contributed by atoms with Crippen molar-refractivity contribution in [3.8, 4) is 5.75 Å². The van der Waals surface area contributed by atoms with Crippen LogP contribution in [0.15, 0.2) is 18.2 Å². The summed E-state index contributed by atoms with van der Waals surface area (Å²) in [5.74, 6) is -0.311. The van der Waals surface area contributed by atoms with Gasteiger partial charge in [0.1, 0.15) is 16.9 Å². The van der Waals surface area contributed by atoms with E-state index in [0.29, 0.717) is 11.3 Å². The van der Waals surface area contributed by atoms with Crippen molar-refractivity contribution in [1.82, 2.24) is 5.32 Å². The Bertz CT molecular complexity index is 363. The standard InChI is InChI=1S/C9H8FNO2S/c10-6-1-5(2-7(12)3-6)9-11-8(13)4-14-9/h1-3,9,12H,4H2,(H,11,13). The number of phenolic OH excluding ortho intramolecular Hbond substituents is 1. The summed E-state index contributed by atoms with van der Waals surface area (Å²) < 4.78 is 12.9. The number of carbonyl (C=O) groups is 1. The number of halogens is 1. The van der Waals surface area contributed by atoms with Crippen molar-refractivity contribution >= 4 is 17.7 Å². The normalized spacial score (nSPS) is 20.9. The third kappa shape index (κ3) is 1.82. The third-order valence-electron chi connectivity index (χ3n) is 1.88. The quantitative estimate of drug-likeness (QED) is 0.741. The molecule has 1 amide bonds. The molecule has 1 unspecified atom stereocenters. The van der Waals surface area contributed by atoms with Crippen LogP contribution in [0.2, 0.25) is 0 Å². The Balaban J connectivity index is 2.27. The molecule has 1 atom stereocenters. The highest BCUT2D eigenvalue weighted by Crippen LogP contribution is 2.32. The van der Waals surface area contributed by atoms with Crippen molar-refractivity contribution in [2.24, 2.45) is 0 Å². The molecule has 0 saturated carbocycles. The molecule has 0 spiro atoms. The average Bonchev–Trinajstić information content (AvgIpc) is 2.50. The number of nitrogens with one attached hydrogen (secondary N) is 1. The van der Waals surface area contributed by atoms with Crippen LogP contribution in [-0.4, -0.2) is 16.8 Å². The Morgan fingerprint density at radius 2 is 2.29 bits per heavy atom. The summed E-state index contributed by atoms with van der Waals surface area (Å²) in [5.41, 5.74) is 0.582. The second kappa shape index (κ2) is 3.49. The minimum atomic E-state index is -0.498. The number of hydrogen-bond acceptors (Lipinski definition) is 3. The zero-order chi connectivity index (χ0) is 10.1. The number of hydrogen-bond donors (Lipinski definition) is 2. The fourth-order valence-electron chi connectivity index (χ4n) is 1.32. The van der Waals surface area contributed by atoms with Gasteiger partial charge in [0, 0.05) is 6.07 Å². The minimum absolute atomic E-state index is 0.0660. The molecule has 0 aromatic heterocycles. The van der Waals surface area contributed by atoms with E-state index in [9.17, 15) is 9.18 Å². The van der Waals surface area contributed by atoms with Crippen LogP contribution in [0.1, 0.15) is 10.9 Å². The van der Waals surface area contributed by atoms with Crippen LogP contribution in [0.4, 0.5) is 4.39 Å². The zero-order valence-corrected chi connectivity index (χ0v) is 7.97. The van der Waals surface area contributed by atoms with Gasteiger partial charge in [-0.1, -0.05) is 0 Å². The third-order valence-corrected chi connectivity index (χ3v) is 3.03. The van der Waals surface area contributed by atoms with E-state index in [0.717, 1.165) is 6.07 Å². The Hall–Kier alpha value is -1.23. The molecule has 1 heterocycles. The maximum Gasteiger partial charge on any atom is 0.231 e. The molecule has 1 fully saturated rings. The molecule has 74 valence electrons. The first kappa shape index (κ1) is 9.33. The monoisotopic (exact) mass is 213 g/mol. The van der Waals surface area contributed by atoms with Crippen molar-refractivity contribution in [2.75, 3.05) is 5.75 Å². The first-order valence-corrected chi connectivity index (χ1v) is 5.10. The molecule has 5 heteroatoms. The van der Waals surface area contributed by atoms with Crippen LogP contribution in [0.3, 0.4) is 0 Å². The molecule has 1 aliphatic rings. The highest BCUT2D eigenvalue weighted by atomic mass is 32.2. The van der Waals surface area contributed by atoms with E-state index in [1.54, 1.807) is 0 Å². The first-order valence-electron chi connectivity index (χ1n) is 4.05. The lowest BCUT2D eigenvalue weighted by Gasteiger charge is -2.09. The topological polar surface area (TPSA) is 49.3 Å². The summed E-state index contributed by atoms with van der Waals surface area (Å²) in [5, 5.41) is 11.6. The van der Waals surface area contributed by atoms with Gasteiger partial charge in [-0.25, -0.2) is 4.39 Å². The van der Waals surface area contributed by atoms with Crippen molar-refractivity contribution in [3.63, 3.8) is 0 Å². The van der Waals surface area contributed by atoms with Gasteiger partial charge in [0.25, 0.3) is 0 Å². The molecule has 1 aromatic rings. The predicted octanol–water partition coefficient (Wildman–Crippen LogP) is 1.39. The van der Waals surface area contributed by atoms with Crippen LogP contribution in [-0.2, 0) is 4.79 Å². The number of rotatable bonds is 1. The van der Waals surface area contributed by atoms with Gasteiger partial charge in [-0.3, -0.25) is 4.79 Å². The van der Waals surface area contributed by atoms with Crippen LogP contribution in [0, 0.1) is 5.82 Å². The summed E-state index contributed by atoms with van der Waals surface area (Å²) >= 11 is 1.38. The van der Waals surface area contributed by atoms with Gasteiger partial charge in [0.15, 0.2) is 0 Å². The molecule has 1 aromatic carbocycles. The van der Waals surface area contributed by atoms with E-state index < -0.39 is 5.82 Å². The lowest BCUT2D eigenvalue weighted by molar-refractivity contribution is -0.118. The first-order chi connectivity index (χ1) is 6.65. The highest BCUT2D eigenvalue weighted by Gasteiger charge is 2.23. The highest BCUT2D eigenvalue weighted by molar-refractivity contribution is 8.00. The van der Waals surface area contributed by atoms with Crippen LogP contribution in [0.25, 0.3) is 0 Å². The van der Waals surface area contributed by atoms with E-state index in [2.05, 4.69) is 5.32 Å². The number of amides is 1. The molecule has 3 nitrogen and oxygen atoms in total. The second-order valence-electron chi connectivity index (χ2n) is 3.00. The lowest BCUT2D eigenvalue weighted by Crippen LogP contribution is -2.18. The molecule has 2 N–H and O–H groups in total.